The molecule has 4 amide bonds. The second kappa shape index (κ2) is 6.86. The number of nitrogens with one attached hydrogen (secondary N) is 3. The number of hydrogen-bond donors (Lipinski definition) is 3. The average Bonchev–Trinajstić information content (AvgIpc) is 2.85. The van der Waals surface area contributed by atoms with Gasteiger partial charge in [-0.2, -0.15) is 0 Å². The van der Waals surface area contributed by atoms with Crippen LogP contribution in [0.4, 0.5) is 4.79 Å². The number of carbonyl (C=O) groups excluding carboxylic acids is 3. The van der Waals surface area contributed by atoms with Crippen LogP contribution in [0.3, 0.4) is 0 Å². The molecule has 134 valence electrons. The molecule has 0 unspecified atom stereocenters. The molecule has 6 heteroatoms. The first kappa shape index (κ1) is 17.5. The largest absolute Gasteiger partial charge is 0.350 e. The van der Waals surface area contributed by atoms with Gasteiger partial charge in [-0.05, 0) is 62.6 Å². The molecule has 1 aliphatic carbocycles. The molecule has 2 aliphatic rings. The SMILES string of the molecule is C[C@@H](NC(=O)CC[C@@]1(C)NC(=O)NC1=O)c1ccc2c(c1)CCCC2. The summed E-state index contributed by atoms with van der Waals surface area (Å²) < 4.78 is 0. The van der Waals surface area contributed by atoms with E-state index in [1.165, 1.54) is 24.0 Å². The summed E-state index contributed by atoms with van der Waals surface area (Å²) in [5.74, 6) is -0.506. The molecule has 1 heterocycles. The Kier molecular flexibility index (Phi) is 4.79. The zero-order chi connectivity index (χ0) is 18.0. The maximum Gasteiger partial charge on any atom is 0.322 e. The summed E-state index contributed by atoms with van der Waals surface area (Å²) in [4.78, 5) is 35.3. The highest BCUT2D eigenvalue weighted by Gasteiger charge is 2.41. The molecule has 0 bridgehead atoms. The van der Waals surface area contributed by atoms with Crippen molar-refractivity contribution in [3.63, 3.8) is 0 Å². The van der Waals surface area contributed by atoms with E-state index in [1.54, 1.807) is 6.92 Å². The Morgan fingerprint density at radius 1 is 1.24 bits per heavy atom. The summed E-state index contributed by atoms with van der Waals surface area (Å²) in [6, 6.07) is 5.87. The van der Waals surface area contributed by atoms with Gasteiger partial charge >= 0.3 is 6.03 Å². The van der Waals surface area contributed by atoms with E-state index in [9.17, 15) is 14.4 Å². The van der Waals surface area contributed by atoms with Crippen molar-refractivity contribution in [3.8, 4) is 0 Å². The lowest BCUT2D eigenvalue weighted by Crippen LogP contribution is -2.44. The molecule has 0 spiro atoms. The third-order valence-corrected chi connectivity index (χ3v) is 5.22. The second-order valence-corrected chi connectivity index (χ2v) is 7.26. The van der Waals surface area contributed by atoms with Gasteiger partial charge in [0.1, 0.15) is 5.54 Å². The zero-order valence-corrected chi connectivity index (χ0v) is 14.8. The van der Waals surface area contributed by atoms with Crippen molar-refractivity contribution in [2.24, 2.45) is 0 Å². The van der Waals surface area contributed by atoms with Crippen molar-refractivity contribution < 1.29 is 14.4 Å². The van der Waals surface area contributed by atoms with Crippen LogP contribution in [0.15, 0.2) is 18.2 Å². The molecule has 3 N–H and O–H groups in total. The first-order valence-corrected chi connectivity index (χ1v) is 8.92. The predicted molar refractivity (Wildman–Crippen MR) is 94.0 cm³/mol. The fourth-order valence-electron chi connectivity index (χ4n) is 3.54. The average molecular weight is 343 g/mol. The van der Waals surface area contributed by atoms with Crippen LogP contribution in [-0.2, 0) is 22.4 Å². The van der Waals surface area contributed by atoms with E-state index in [4.69, 9.17) is 0 Å². The van der Waals surface area contributed by atoms with Gasteiger partial charge in [0.15, 0.2) is 0 Å². The van der Waals surface area contributed by atoms with Crippen molar-refractivity contribution in [1.29, 1.82) is 0 Å². The highest BCUT2D eigenvalue weighted by atomic mass is 16.2. The van der Waals surface area contributed by atoms with Crippen LogP contribution in [0, 0.1) is 0 Å². The Morgan fingerprint density at radius 2 is 1.96 bits per heavy atom. The highest BCUT2D eigenvalue weighted by molar-refractivity contribution is 6.06. The minimum absolute atomic E-state index is 0.0838. The molecular formula is C19H25N3O3. The number of hydrogen-bond acceptors (Lipinski definition) is 3. The molecule has 6 nitrogen and oxygen atoms in total. The topological polar surface area (TPSA) is 87.3 Å². The predicted octanol–water partition coefficient (Wildman–Crippen LogP) is 2.12. The number of imide groups is 1. The number of fused-ring (bicyclic) bond motifs is 1. The van der Waals surface area contributed by atoms with Gasteiger partial charge in [0.05, 0.1) is 6.04 Å². The number of urea groups is 1. The van der Waals surface area contributed by atoms with Crippen LogP contribution in [-0.4, -0.2) is 23.4 Å². The van der Waals surface area contributed by atoms with Crippen LogP contribution in [0.25, 0.3) is 0 Å². The third kappa shape index (κ3) is 3.83. The lowest BCUT2D eigenvalue weighted by molar-refractivity contribution is -0.125. The minimum Gasteiger partial charge on any atom is -0.350 e. The van der Waals surface area contributed by atoms with E-state index >= 15 is 0 Å². The van der Waals surface area contributed by atoms with E-state index in [-0.39, 0.29) is 30.7 Å². The van der Waals surface area contributed by atoms with Gasteiger partial charge in [0, 0.05) is 6.42 Å². The Hall–Kier alpha value is -2.37. The Balaban J connectivity index is 1.56. The van der Waals surface area contributed by atoms with E-state index in [0.29, 0.717) is 0 Å². The monoisotopic (exact) mass is 343 g/mol. The fourth-order valence-corrected chi connectivity index (χ4v) is 3.54. The van der Waals surface area contributed by atoms with E-state index in [1.807, 2.05) is 6.92 Å². The maximum atomic E-state index is 12.2. The third-order valence-electron chi connectivity index (χ3n) is 5.22. The van der Waals surface area contributed by atoms with Crippen molar-refractivity contribution in [2.45, 2.75) is 64.0 Å². The Morgan fingerprint density at radius 3 is 2.64 bits per heavy atom. The lowest BCUT2D eigenvalue weighted by atomic mass is 9.89. The number of aryl methyl sites for hydroxylation is 2. The van der Waals surface area contributed by atoms with Crippen LogP contribution < -0.4 is 16.0 Å². The molecule has 25 heavy (non-hydrogen) atoms. The quantitative estimate of drug-likeness (QED) is 0.716. The molecule has 3 rings (SSSR count). The first-order chi connectivity index (χ1) is 11.9. The lowest BCUT2D eigenvalue weighted by Gasteiger charge is -2.22. The van der Waals surface area contributed by atoms with Crippen LogP contribution >= 0.6 is 0 Å². The van der Waals surface area contributed by atoms with Crippen LogP contribution in [0.2, 0.25) is 0 Å². The molecule has 0 saturated carbocycles. The molecule has 1 aliphatic heterocycles. The van der Waals surface area contributed by atoms with Gasteiger partial charge < -0.3 is 10.6 Å². The van der Waals surface area contributed by atoms with Gasteiger partial charge in [-0.3, -0.25) is 14.9 Å². The normalized spacial score (nSPS) is 23.4. The smallest absolute Gasteiger partial charge is 0.322 e. The highest BCUT2D eigenvalue weighted by Crippen LogP contribution is 2.25. The molecule has 0 radical (unpaired) electrons. The van der Waals surface area contributed by atoms with Gasteiger partial charge in [0.25, 0.3) is 5.91 Å². The summed E-state index contributed by atoms with van der Waals surface area (Å²) in [5, 5.41) is 7.77. The molecule has 1 saturated heterocycles. The fraction of sp³-hybridized carbons (Fsp3) is 0.526. The van der Waals surface area contributed by atoms with E-state index in [2.05, 4.69) is 34.1 Å². The Labute approximate surface area is 147 Å². The van der Waals surface area contributed by atoms with Gasteiger partial charge in [-0.15, -0.1) is 0 Å². The van der Waals surface area contributed by atoms with Crippen LogP contribution in [0.1, 0.15) is 62.3 Å². The van der Waals surface area contributed by atoms with Crippen molar-refractivity contribution >= 4 is 17.8 Å². The summed E-state index contributed by atoms with van der Waals surface area (Å²) >= 11 is 0. The zero-order valence-electron chi connectivity index (χ0n) is 14.8. The number of rotatable bonds is 5. The van der Waals surface area contributed by atoms with E-state index < -0.39 is 11.6 Å². The summed E-state index contributed by atoms with van der Waals surface area (Å²) in [6.07, 6.45) is 5.18. The minimum atomic E-state index is -1.01. The maximum absolute atomic E-state index is 12.2. The standard InChI is InChI=1S/C19H25N3O3/c1-12(14-8-7-13-5-3-4-6-15(13)11-14)20-16(23)9-10-19(2)17(24)21-18(25)22-19/h7-8,11-12H,3-6,9-10H2,1-2H3,(H,20,23)(H2,21,22,24,25)/t12-,19-/m1/s1. The molecule has 1 aromatic rings. The van der Waals surface area contributed by atoms with Crippen LogP contribution in [0.5, 0.6) is 0 Å². The molecule has 0 aromatic heterocycles. The second-order valence-electron chi connectivity index (χ2n) is 7.26. The van der Waals surface area contributed by atoms with Crippen molar-refractivity contribution in [3.05, 3.63) is 34.9 Å². The summed E-state index contributed by atoms with van der Waals surface area (Å²) in [6.45, 7) is 3.60. The van der Waals surface area contributed by atoms with Gasteiger partial charge in [-0.25, -0.2) is 4.79 Å². The summed E-state index contributed by atoms with van der Waals surface area (Å²) in [7, 11) is 0. The molecule has 2 atom stereocenters. The molecule has 1 aromatic carbocycles. The first-order valence-electron chi connectivity index (χ1n) is 8.92. The van der Waals surface area contributed by atoms with Gasteiger partial charge in [-0.1, -0.05) is 18.2 Å². The Bertz CT molecular complexity index is 716. The number of benzene rings is 1. The van der Waals surface area contributed by atoms with Gasteiger partial charge in [0.2, 0.25) is 5.91 Å². The van der Waals surface area contributed by atoms with E-state index in [0.717, 1.165) is 18.4 Å². The van der Waals surface area contributed by atoms with Crippen molar-refractivity contribution in [2.75, 3.05) is 0 Å². The van der Waals surface area contributed by atoms with Crippen molar-refractivity contribution in [1.82, 2.24) is 16.0 Å². The molecular weight excluding hydrogens is 318 g/mol. The summed E-state index contributed by atoms with van der Waals surface area (Å²) in [5.41, 5.74) is 2.91. The molecule has 1 fully saturated rings. The number of amides is 4. The number of carbonyl (C=O) groups is 3.